The minimum Gasteiger partial charge on any atom is -0.395 e. The van der Waals surface area contributed by atoms with E-state index in [0.29, 0.717) is 5.25 Å². The van der Waals surface area contributed by atoms with E-state index in [1.165, 1.54) is 0 Å². The fraction of sp³-hybridized carbons (Fsp3) is 0.750. The van der Waals surface area contributed by atoms with Crippen molar-refractivity contribution in [1.29, 1.82) is 0 Å². The van der Waals surface area contributed by atoms with Gasteiger partial charge in [0, 0.05) is 11.7 Å². The number of aliphatic hydroxyl groups excluding tert-OH is 1. The Balaban J connectivity index is 2.98. The fourth-order valence-corrected chi connectivity index (χ4v) is 1.33. The van der Waals surface area contributed by atoms with Crippen LogP contribution >= 0.6 is 11.8 Å². The lowest BCUT2D eigenvalue weighted by atomic mass is 10.4. The van der Waals surface area contributed by atoms with Gasteiger partial charge in [0.2, 0.25) is 0 Å². The van der Waals surface area contributed by atoms with E-state index >= 15 is 0 Å². The van der Waals surface area contributed by atoms with E-state index in [2.05, 4.69) is 5.92 Å². The summed E-state index contributed by atoms with van der Waals surface area (Å²) in [5.41, 5.74) is 0. The Labute approximate surface area is 67.2 Å². The van der Waals surface area contributed by atoms with Gasteiger partial charge in [0.1, 0.15) is 0 Å². The SMILES string of the molecule is C#CCCCSC(C)CO. The van der Waals surface area contributed by atoms with Crippen LogP contribution in [0.4, 0.5) is 0 Å². The van der Waals surface area contributed by atoms with Crippen LogP contribution in [0.3, 0.4) is 0 Å². The topological polar surface area (TPSA) is 20.2 Å². The third-order valence-electron chi connectivity index (χ3n) is 1.12. The molecule has 0 aliphatic carbocycles. The minimum atomic E-state index is 0.265. The van der Waals surface area contributed by atoms with Crippen molar-refractivity contribution in [2.45, 2.75) is 25.0 Å². The molecule has 0 radical (unpaired) electrons. The molecule has 0 spiro atoms. The van der Waals surface area contributed by atoms with Crippen LogP contribution in [0.25, 0.3) is 0 Å². The van der Waals surface area contributed by atoms with Gasteiger partial charge >= 0.3 is 0 Å². The zero-order valence-electron chi connectivity index (χ0n) is 6.34. The first-order valence-electron chi connectivity index (χ1n) is 3.47. The highest BCUT2D eigenvalue weighted by atomic mass is 32.2. The molecule has 0 aromatic rings. The van der Waals surface area contributed by atoms with Gasteiger partial charge in [0.15, 0.2) is 0 Å². The Morgan fingerprint density at radius 1 is 1.70 bits per heavy atom. The molecule has 1 nitrogen and oxygen atoms in total. The van der Waals surface area contributed by atoms with Crippen molar-refractivity contribution in [3.05, 3.63) is 0 Å². The third-order valence-corrected chi connectivity index (χ3v) is 2.37. The predicted octanol–water partition coefficient (Wildman–Crippen LogP) is 1.51. The summed E-state index contributed by atoms with van der Waals surface area (Å²) in [7, 11) is 0. The summed E-state index contributed by atoms with van der Waals surface area (Å²) < 4.78 is 0. The van der Waals surface area contributed by atoms with Gasteiger partial charge in [0.05, 0.1) is 6.61 Å². The van der Waals surface area contributed by atoms with Gasteiger partial charge in [0.25, 0.3) is 0 Å². The molecule has 0 aliphatic rings. The molecule has 1 N–H and O–H groups in total. The highest BCUT2D eigenvalue weighted by molar-refractivity contribution is 7.99. The smallest absolute Gasteiger partial charge is 0.0547 e. The molecular weight excluding hydrogens is 144 g/mol. The molecule has 0 fully saturated rings. The number of rotatable bonds is 5. The molecule has 0 aliphatic heterocycles. The Hall–Kier alpha value is -0.130. The van der Waals surface area contributed by atoms with E-state index < -0.39 is 0 Å². The molecule has 0 rings (SSSR count). The molecule has 2 heteroatoms. The van der Waals surface area contributed by atoms with Crippen molar-refractivity contribution in [1.82, 2.24) is 0 Å². The van der Waals surface area contributed by atoms with Crippen molar-refractivity contribution in [3.8, 4) is 12.3 Å². The molecule has 0 bridgehead atoms. The average molecular weight is 158 g/mol. The monoisotopic (exact) mass is 158 g/mol. The van der Waals surface area contributed by atoms with E-state index in [-0.39, 0.29) is 6.61 Å². The zero-order valence-corrected chi connectivity index (χ0v) is 7.16. The summed E-state index contributed by atoms with van der Waals surface area (Å²) in [4.78, 5) is 0. The largest absolute Gasteiger partial charge is 0.395 e. The molecule has 0 heterocycles. The number of terminal acetylenes is 1. The Kier molecular flexibility index (Phi) is 6.89. The number of aliphatic hydroxyl groups is 1. The average Bonchev–Trinajstić information content (AvgIpc) is 1.98. The Morgan fingerprint density at radius 2 is 2.40 bits per heavy atom. The lowest BCUT2D eigenvalue weighted by Crippen LogP contribution is -2.02. The van der Waals surface area contributed by atoms with Gasteiger partial charge in [-0.2, -0.15) is 11.8 Å². The van der Waals surface area contributed by atoms with Crippen LogP contribution in [0.2, 0.25) is 0 Å². The van der Waals surface area contributed by atoms with Crippen molar-refractivity contribution < 1.29 is 5.11 Å². The molecule has 1 unspecified atom stereocenters. The van der Waals surface area contributed by atoms with Crippen LogP contribution in [-0.4, -0.2) is 22.7 Å². The second-order valence-electron chi connectivity index (χ2n) is 2.17. The molecular formula is C8H14OS. The molecule has 0 amide bonds. The van der Waals surface area contributed by atoms with Gasteiger partial charge in [-0.05, 0) is 12.2 Å². The maximum Gasteiger partial charge on any atom is 0.0547 e. The Morgan fingerprint density at radius 3 is 2.90 bits per heavy atom. The lowest BCUT2D eigenvalue weighted by Gasteiger charge is -2.04. The normalized spacial score (nSPS) is 12.5. The summed E-state index contributed by atoms with van der Waals surface area (Å²) >= 11 is 1.77. The highest BCUT2D eigenvalue weighted by Crippen LogP contribution is 2.10. The summed E-state index contributed by atoms with van der Waals surface area (Å²) in [5, 5.41) is 8.99. The number of hydrogen-bond donors (Lipinski definition) is 1. The first-order valence-corrected chi connectivity index (χ1v) is 4.52. The first kappa shape index (κ1) is 9.87. The summed E-state index contributed by atoms with van der Waals surface area (Å²) in [6.07, 6.45) is 6.98. The van der Waals surface area contributed by atoms with Crippen LogP contribution in [-0.2, 0) is 0 Å². The van der Waals surface area contributed by atoms with Crippen molar-refractivity contribution in [3.63, 3.8) is 0 Å². The predicted molar refractivity (Wildman–Crippen MR) is 47.1 cm³/mol. The van der Waals surface area contributed by atoms with E-state index in [9.17, 15) is 0 Å². The van der Waals surface area contributed by atoms with Crippen LogP contribution in [0.5, 0.6) is 0 Å². The van der Waals surface area contributed by atoms with Gasteiger partial charge in [-0.3, -0.25) is 0 Å². The molecule has 0 saturated heterocycles. The molecule has 0 saturated carbocycles. The fourth-order valence-electron chi connectivity index (χ4n) is 0.511. The van der Waals surface area contributed by atoms with E-state index in [1.807, 2.05) is 6.92 Å². The van der Waals surface area contributed by atoms with Gasteiger partial charge in [-0.1, -0.05) is 6.92 Å². The number of unbranched alkanes of at least 4 members (excludes halogenated alkanes) is 1. The van der Waals surface area contributed by atoms with Gasteiger partial charge in [-0.25, -0.2) is 0 Å². The van der Waals surface area contributed by atoms with E-state index in [0.717, 1.165) is 18.6 Å². The van der Waals surface area contributed by atoms with Crippen LogP contribution in [0.15, 0.2) is 0 Å². The third kappa shape index (κ3) is 6.00. The van der Waals surface area contributed by atoms with Gasteiger partial charge < -0.3 is 5.11 Å². The van der Waals surface area contributed by atoms with Crippen molar-refractivity contribution in [2.75, 3.05) is 12.4 Å². The summed E-state index contributed by atoms with van der Waals surface area (Å²) in [6, 6.07) is 0. The van der Waals surface area contributed by atoms with E-state index in [1.54, 1.807) is 11.8 Å². The van der Waals surface area contributed by atoms with E-state index in [4.69, 9.17) is 11.5 Å². The van der Waals surface area contributed by atoms with Crippen LogP contribution < -0.4 is 0 Å². The molecule has 0 aromatic carbocycles. The maximum atomic E-state index is 8.63. The summed E-state index contributed by atoms with van der Waals surface area (Å²) in [6.45, 7) is 2.28. The van der Waals surface area contributed by atoms with Crippen LogP contribution in [0, 0.1) is 12.3 Å². The van der Waals surface area contributed by atoms with Crippen LogP contribution in [0.1, 0.15) is 19.8 Å². The standard InChI is InChI=1S/C8H14OS/c1-3-4-5-6-10-8(2)7-9/h1,8-9H,4-7H2,2H3. The zero-order chi connectivity index (χ0) is 7.82. The second-order valence-corrected chi connectivity index (χ2v) is 3.72. The molecule has 58 valence electrons. The van der Waals surface area contributed by atoms with Crippen molar-refractivity contribution >= 4 is 11.8 Å². The minimum absolute atomic E-state index is 0.265. The maximum absolute atomic E-state index is 8.63. The number of thioether (sulfide) groups is 1. The number of hydrogen-bond acceptors (Lipinski definition) is 2. The van der Waals surface area contributed by atoms with Crippen molar-refractivity contribution in [2.24, 2.45) is 0 Å². The Bertz CT molecular complexity index is 106. The second kappa shape index (κ2) is 6.98. The molecule has 10 heavy (non-hydrogen) atoms. The first-order chi connectivity index (χ1) is 4.81. The highest BCUT2D eigenvalue weighted by Gasteiger charge is 1.97. The lowest BCUT2D eigenvalue weighted by molar-refractivity contribution is 0.300. The quantitative estimate of drug-likeness (QED) is 0.483. The molecule has 0 aromatic heterocycles. The molecule has 1 atom stereocenters. The van der Waals surface area contributed by atoms with Gasteiger partial charge in [-0.15, -0.1) is 12.3 Å². The summed E-state index contributed by atoms with van der Waals surface area (Å²) in [5.74, 6) is 3.65.